The number of hydrogen-bond donors (Lipinski definition) is 1. The number of oxime groups is 1. The van der Waals surface area contributed by atoms with Crippen molar-refractivity contribution in [3.63, 3.8) is 0 Å². The van der Waals surface area contributed by atoms with Crippen LogP contribution < -0.4 is 0 Å². The van der Waals surface area contributed by atoms with Crippen LogP contribution in [0.15, 0.2) is 45.1 Å². The molecule has 0 fully saturated rings. The third-order valence-electron chi connectivity index (χ3n) is 2.60. The normalized spacial score (nSPS) is 11.7. The molecule has 0 radical (unpaired) electrons. The Labute approximate surface area is 130 Å². The van der Waals surface area contributed by atoms with E-state index in [1.165, 1.54) is 11.8 Å². The van der Waals surface area contributed by atoms with Crippen molar-refractivity contribution in [2.24, 2.45) is 5.16 Å². The van der Waals surface area contributed by atoms with E-state index in [2.05, 4.69) is 31.1 Å². The molecule has 0 unspecified atom stereocenters. The van der Waals surface area contributed by atoms with E-state index in [-0.39, 0.29) is 0 Å². The molecule has 0 aliphatic heterocycles. The van der Waals surface area contributed by atoms with Gasteiger partial charge in [-0.15, -0.1) is 0 Å². The van der Waals surface area contributed by atoms with Crippen LogP contribution in [-0.2, 0) is 0 Å². The fourth-order valence-electron chi connectivity index (χ4n) is 1.70. The van der Waals surface area contributed by atoms with Crippen molar-refractivity contribution in [1.82, 2.24) is 9.97 Å². The van der Waals surface area contributed by atoms with Crippen LogP contribution in [0.2, 0.25) is 0 Å². The van der Waals surface area contributed by atoms with E-state index >= 15 is 0 Å². The molecule has 4 nitrogen and oxygen atoms in total. The minimum Gasteiger partial charge on any atom is -0.411 e. The number of benzene rings is 1. The van der Waals surface area contributed by atoms with Gasteiger partial charge < -0.3 is 5.21 Å². The van der Waals surface area contributed by atoms with E-state index in [1.54, 1.807) is 0 Å². The van der Waals surface area contributed by atoms with Crippen molar-refractivity contribution >= 4 is 33.4 Å². The van der Waals surface area contributed by atoms with E-state index < -0.39 is 0 Å². The molecular formula is C14H14BrN3OS. The maximum Gasteiger partial charge on any atom is 0.188 e. The van der Waals surface area contributed by atoms with Gasteiger partial charge in [-0.25, -0.2) is 9.97 Å². The molecule has 1 heterocycles. The number of hydrogen-bond acceptors (Lipinski definition) is 5. The third-order valence-corrected chi connectivity index (χ3v) is 3.99. The van der Waals surface area contributed by atoms with E-state index in [0.717, 1.165) is 21.4 Å². The van der Waals surface area contributed by atoms with Gasteiger partial charge in [-0.05, 0) is 32.0 Å². The Morgan fingerprint density at radius 3 is 2.35 bits per heavy atom. The number of thioether (sulfide) groups is 1. The van der Waals surface area contributed by atoms with Gasteiger partial charge in [0, 0.05) is 27.2 Å². The van der Waals surface area contributed by atoms with Gasteiger partial charge in [0.1, 0.15) is 0 Å². The van der Waals surface area contributed by atoms with E-state index in [4.69, 9.17) is 5.21 Å². The first-order valence-electron chi connectivity index (χ1n) is 6.00. The van der Waals surface area contributed by atoms with Gasteiger partial charge in [0.05, 0.1) is 5.71 Å². The number of halogens is 1. The second kappa shape index (κ2) is 6.85. The van der Waals surface area contributed by atoms with Crippen molar-refractivity contribution in [3.8, 4) is 0 Å². The Hall–Kier alpha value is -1.40. The maximum atomic E-state index is 9.16. The molecule has 1 N–H and O–H groups in total. The Morgan fingerprint density at radius 2 is 1.80 bits per heavy atom. The van der Waals surface area contributed by atoms with Gasteiger partial charge >= 0.3 is 0 Å². The lowest BCUT2D eigenvalue weighted by Crippen LogP contribution is -2.05. The van der Waals surface area contributed by atoms with Gasteiger partial charge in [-0.1, -0.05) is 45.0 Å². The molecule has 0 bridgehead atoms. The summed E-state index contributed by atoms with van der Waals surface area (Å²) in [6, 6.07) is 9.57. The van der Waals surface area contributed by atoms with Crippen LogP contribution in [0.25, 0.3) is 0 Å². The van der Waals surface area contributed by atoms with Gasteiger partial charge in [0.25, 0.3) is 0 Å². The predicted octanol–water partition coefficient (Wildman–Crippen LogP) is 3.83. The minimum atomic E-state index is 0.515. The lowest BCUT2D eigenvalue weighted by Gasteiger charge is -2.05. The van der Waals surface area contributed by atoms with Crippen molar-refractivity contribution in [3.05, 3.63) is 51.8 Å². The first-order valence-corrected chi connectivity index (χ1v) is 7.78. The molecule has 0 aliphatic carbocycles. The summed E-state index contributed by atoms with van der Waals surface area (Å²) in [6.07, 6.45) is 0. The van der Waals surface area contributed by atoms with Crippen molar-refractivity contribution < 1.29 is 5.21 Å². The molecule has 0 saturated carbocycles. The van der Waals surface area contributed by atoms with Crippen LogP contribution in [0.5, 0.6) is 0 Å². The summed E-state index contributed by atoms with van der Waals surface area (Å²) in [5, 5.41) is 13.2. The fraction of sp³-hybridized carbons (Fsp3) is 0.214. The second-order valence-electron chi connectivity index (χ2n) is 4.28. The number of rotatable bonds is 4. The first-order chi connectivity index (χ1) is 9.58. The summed E-state index contributed by atoms with van der Waals surface area (Å²) in [6.45, 7) is 3.88. The fourth-order valence-corrected chi connectivity index (χ4v) is 2.87. The number of nitrogens with zero attached hydrogens (tertiary/aromatic N) is 3. The van der Waals surface area contributed by atoms with Crippen LogP contribution in [0.4, 0.5) is 0 Å². The summed E-state index contributed by atoms with van der Waals surface area (Å²) in [7, 11) is 0. The highest BCUT2D eigenvalue weighted by Crippen LogP contribution is 2.18. The summed E-state index contributed by atoms with van der Waals surface area (Å²) in [5.74, 6) is 0.515. The summed E-state index contributed by atoms with van der Waals surface area (Å²) in [4.78, 5) is 8.71. The quantitative estimate of drug-likeness (QED) is 0.299. The Morgan fingerprint density at radius 1 is 1.20 bits per heavy atom. The Balaban J connectivity index is 2.10. The number of aromatic nitrogens is 2. The zero-order valence-corrected chi connectivity index (χ0v) is 13.6. The van der Waals surface area contributed by atoms with Crippen LogP contribution in [0, 0.1) is 13.8 Å². The molecule has 104 valence electrons. The lowest BCUT2D eigenvalue weighted by atomic mass is 10.1. The highest BCUT2D eigenvalue weighted by Gasteiger charge is 2.08. The molecule has 0 aliphatic rings. The molecule has 20 heavy (non-hydrogen) atoms. The Kier molecular flexibility index (Phi) is 5.14. The standard InChI is InChI=1S/C14H14BrN3OS/c1-9-7-10(2)17-14(16-9)20-8-13(18-19)11-3-5-12(15)6-4-11/h3-7,19H,8H2,1-2H3. The van der Waals surface area contributed by atoms with Gasteiger partial charge in [-0.2, -0.15) is 0 Å². The van der Waals surface area contributed by atoms with Crippen molar-refractivity contribution in [1.29, 1.82) is 0 Å². The molecule has 0 atom stereocenters. The lowest BCUT2D eigenvalue weighted by molar-refractivity contribution is 0.319. The average molecular weight is 352 g/mol. The predicted molar refractivity (Wildman–Crippen MR) is 84.7 cm³/mol. The number of aryl methyl sites for hydroxylation is 2. The van der Waals surface area contributed by atoms with Gasteiger partial charge in [0.2, 0.25) is 0 Å². The molecule has 1 aromatic heterocycles. The monoisotopic (exact) mass is 351 g/mol. The molecule has 2 aromatic rings. The molecule has 2 rings (SSSR count). The van der Waals surface area contributed by atoms with Crippen molar-refractivity contribution in [2.75, 3.05) is 5.75 Å². The highest BCUT2D eigenvalue weighted by atomic mass is 79.9. The molecule has 0 amide bonds. The molecular weight excluding hydrogens is 338 g/mol. The van der Waals surface area contributed by atoms with Crippen LogP contribution in [0.3, 0.4) is 0 Å². The zero-order chi connectivity index (χ0) is 14.5. The second-order valence-corrected chi connectivity index (χ2v) is 6.13. The smallest absolute Gasteiger partial charge is 0.188 e. The zero-order valence-electron chi connectivity index (χ0n) is 11.2. The Bertz CT molecular complexity index is 609. The van der Waals surface area contributed by atoms with E-state index in [1.807, 2.05) is 44.2 Å². The maximum absolute atomic E-state index is 9.16. The van der Waals surface area contributed by atoms with Gasteiger partial charge in [0.15, 0.2) is 5.16 Å². The molecule has 0 spiro atoms. The molecule has 0 saturated heterocycles. The molecule has 1 aromatic carbocycles. The van der Waals surface area contributed by atoms with Gasteiger partial charge in [-0.3, -0.25) is 0 Å². The summed E-state index contributed by atoms with van der Waals surface area (Å²) >= 11 is 4.84. The minimum absolute atomic E-state index is 0.515. The van der Waals surface area contributed by atoms with Crippen LogP contribution in [-0.4, -0.2) is 26.6 Å². The van der Waals surface area contributed by atoms with Crippen LogP contribution in [0.1, 0.15) is 17.0 Å². The summed E-state index contributed by atoms with van der Waals surface area (Å²) < 4.78 is 0.990. The van der Waals surface area contributed by atoms with E-state index in [0.29, 0.717) is 16.6 Å². The largest absolute Gasteiger partial charge is 0.411 e. The third kappa shape index (κ3) is 4.05. The van der Waals surface area contributed by atoms with Crippen molar-refractivity contribution in [2.45, 2.75) is 19.0 Å². The SMILES string of the molecule is Cc1cc(C)nc(SCC(=NO)c2ccc(Br)cc2)n1. The molecule has 6 heteroatoms. The summed E-state index contributed by atoms with van der Waals surface area (Å²) in [5.41, 5.74) is 3.36. The van der Waals surface area contributed by atoms with E-state index in [9.17, 15) is 0 Å². The topological polar surface area (TPSA) is 58.4 Å². The average Bonchev–Trinajstić information content (AvgIpc) is 2.40. The van der Waals surface area contributed by atoms with Crippen LogP contribution >= 0.6 is 27.7 Å². The first kappa shape index (κ1) is 15.0. The highest BCUT2D eigenvalue weighted by molar-refractivity contribution is 9.10.